The van der Waals surface area contributed by atoms with Gasteiger partial charge in [-0.3, -0.25) is 4.79 Å². The van der Waals surface area contributed by atoms with E-state index >= 15 is 0 Å². The summed E-state index contributed by atoms with van der Waals surface area (Å²) in [6, 6.07) is 14.2. The van der Waals surface area contributed by atoms with Crippen molar-refractivity contribution in [1.82, 2.24) is 0 Å². The molecular weight excluding hydrogens is 274 g/mol. The first-order valence-corrected chi connectivity index (χ1v) is 6.40. The SMILES string of the molecule is CC(=O)c1cc(Cl)ccc1OCc1cccc(C#N)c1. The van der Waals surface area contributed by atoms with Gasteiger partial charge in [-0.05, 0) is 42.8 Å². The lowest BCUT2D eigenvalue weighted by Gasteiger charge is -2.10. The summed E-state index contributed by atoms with van der Waals surface area (Å²) in [5.41, 5.74) is 1.90. The second kappa shape index (κ2) is 6.23. The van der Waals surface area contributed by atoms with Crippen LogP contribution in [0.5, 0.6) is 5.75 Å². The number of benzene rings is 2. The number of hydrogen-bond donors (Lipinski definition) is 0. The summed E-state index contributed by atoms with van der Waals surface area (Å²) in [6.45, 7) is 1.76. The van der Waals surface area contributed by atoms with Gasteiger partial charge >= 0.3 is 0 Å². The molecule has 0 aromatic heterocycles. The number of halogens is 1. The van der Waals surface area contributed by atoms with Crippen LogP contribution in [0.3, 0.4) is 0 Å². The average Bonchev–Trinajstić information content (AvgIpc) is 2.46. The van der Waals surface area contributed by atoms with E-state index in [9.17, 15) is 4.79 Å². The van der Waals surface area contributed by atoms with E-state index in [-0.39, 0.29) is 12.4 Å². The highest BCUT2D eigenvalue weighted by Crippen LogP contribution is 2.24. The Morgan fingerprint density at radius 2 is 2.10 bits per heavy atom. The summed E-state index contributed by atoms with van der Waals surface area (Å²) in [6.07, 6.45) is 0. The molecule has 0 unspecified atom stereocenters. The number of Topliss-reactive ketones (excluding diaryl/α,β-unsaturated/α-hetero) is 1. The van der Waals surface area contributed by atoms with Crippen LogP contribution in [0.2, 0.25) is 5.02 Å². The molecule has 0 fully saturated rings. The molecule has 2 rings (SSSR count). The van der Waals surface area contributed by atoms with Gasteiger partial charge in [0.25, 0.3) is 0 Å². The van der Waals surface area contributed by atoms with E-state index in [1.165, 1.54) is 6.92 Å². The van der Waals surface area contributed by atoms with E-state index in [4.69, 9.17) is 21.6 Å². The topological polar surface area (TPSA) is 50.1 Å². The molecule has 0 N–H and O–H groups in total. The highest BCUT2D eigenvalue weighted by atomic mass is 35.5. The van der Waals surface area contributed by atoms with Crippen molar-refractivity contribution in [2.45, 2.75) is 13.5 Å². The van der Waals surface area contributed by atoms with Crippen molar-refractivity contribution in [3.05, 3.63) is 64.2 Å². The Balaban J connectivity index is 2.19. The number of nitrogens with zero attached hydrogens (tertiary/aromatic N) is 1. The maximum Gasteiger partial charge on any atom is 0.163 e. The van der Waals surface area contributed by atoms with Crippen LogP contribution < -0.4 is 4.74 Å². The van der Waals surface area contributed by atoms with Crippen LogP contribution >= 0.6 is 11.6 Å². The van der Waals surface area contributed by atoms with E-state index in [0.717, 1.165) is 5.56 Å². The summed E-state index contributed by atoms with van der Waals surface area (Å²) in [7, 11) is 0. The summed E-state index contributed by atoms with van der Waals surface area (Å²) < 4.78 is 5.65. The minimum Gasteiger partial charge on any atom is -0.488 e. The van der Waals surface area contributed by atoms with Crippen molar-refractivity contribution in [2.24, 2.45) is 0 Å². The highest BCUT2D eigenvalue weighted by molar-refractivity contribution is 6.31. The molecule has 3 nitrogen and oxygen atoms in total. The van der Waals surface area contributed by atoms with Crippen molar-refractivity contribution >= 4 is 17.4 Å². The first-order valence-electron chi connectivity index (χ1n) is 6.02. The molecule has 20 heavy (non-hydrogen) atoms. The van der Waals surface area contributed by atoms with E-state index in [0.29, 0.717) is 21.9 Å². The average molecular weight is 286 g/mol. The third-order valence-corrected chi connectivity index (χ3v) is 3.01. The first kappa shape index (κ1) is 14.1. The third-order valence-electron chi connectivity index (χ3n) is 2.77. The molecule has 0 saturated carbocycles. The van der Waals surface area contributed by atoms with Gasteiger partial charge in [0.2, 0.25) is 0 Å². The third kappa shape index (κ3) is 3.37. The standard InChI is InChI=1S/C16H12ClNO2/c1-11(19)15-8-14(17)5-6-16(15)20-10-13-4-2-3-12(7-13)9-18/h2-8H,10H2,1H3. The molecule has 0 bridgehead atoms. The molecule has 0 spiro atoms. The predicted molar refractivity (Wildman–Crippen MR) is 76.9 cm³/mol. The van der Waals surface area contributed by atoms with Gasteiger partial charge in [-0.2, -0.15) is 5.26 Å². The van der Waals surface area contributed by atoms with Crippen LogP contribution in [0.15, 0.2) is 42.5 Å². The summed E-state index contributed by atoms with van der Waals surface area (Å²) >= 11 is 5.87. The molecule has 0 aliphatic heterocycles. The van der Waals surface area contributed by atoms with E-state index in [1.807, 2.05) is 6.07 Å². The summed E-state index contributed by atoms with van der Waals surface area (Å²) in [5, 5.41) is 9.34. The van der Waals surface area contributed by atoms with Gasteiger partial charge < -0.3 is 4.74 Å². The number of ether oxygens (including phenoxy) is 1. The lowest BCUT2D eigenvalue weighted by Crippen LogP contribution is -2.01. The van der Waals surface area contributed by atoms with Crippen molar-refractivity contribution in [1.29, 1.82) is 5.26 Å². The molecule has 0 saturated heterocycles. The van der Waals surface area contributed by atoms with Gasteiger partial charge in [-0.25, -0.2) is 0 Å². The second-order valence-electron chi connectivity index (χ2n) is 4.30. The minimum absolute atomic E-state index is 0.103. The fourth-order valence-corrected chi connectivity index (χ4v) is 1.97. The second-order valence-corrected chi connectivity index (χ2v) is 4.73. The minimum atomic E-state index is -0.103. The van der Waals surface area contributed by atoms with Crippen LogP contribution in [-0.4, -0.2) is 5.78 Å². The number of carbonyl (C=O) groups excluding carboxylic acids is 1. The van der Waals surface area contributed by atoms with Gasteiger partial charge in [0.1, 0.15) is 12.4 Å². The molecule has 0 atom stereocenters. The number of carbonyl (C=O) groups is 1. The Bertz CT molecular complexity index is 689. The van der Waals surface area contributed by atoms with Crippen LogP contribution in [0.4, 0.5) is 0 Å². The number of nitriles is 1. The number of ketones is 1. The van der Waals surface area contributed by atoms with Gasteiger partial charge in [0.05, 0.1) is 17.2 Å². The Hall–Kier alpha value is -2.31. The Labute approximate surface area is 122 Å². The molecule has 100 valence electrons. The Kier molecular flexibility index (Phi) is 4.39. The molecule has 0 radical (unpaired) electrons. The number of rotatable bonds is 4. The lowest BCUT2D eigenvalue weighted by atomic mass is 10.1. The normalized spacial score (nSPS) is 9.85. The van der Waals surface area contributed by atoms with Crippen LogP contribution in [0.25, 0.3) is 0 Å². The smallest absolute Gasteiger partial charge is 0.163 e. The van der Waals surface area contributed by atoms with E-state index in [1.54, 1.807) is 36.4 Å². The maximum absolute atomic E-state index is 11.5. The maximum atomic E-state index is 11.5. The first-order chi connectivity index (χ1) is 9.60. The van der Waals surface area contributed by atoms with Crippen molar-refractivity contribution in [2.75, 3.05) is 0 Å². The summed E-state index contributed by atoms with van der Waals surface area (Å²) in [5.74, 6) is 0.387. The monoisotopic (exact) mass is 285 g/mol. The summed E-state index contributed by atoms with van der Waals surface area (Å²) in [4.78, 5) is 11.5. The zero-order valence-corrected chi connectivity index (χ0v) is 11.6. The fraction of sp³-hybridized carbons (Fsp3) is 0.125. The molecule has 2 aromatic carbocycles. The fourth-order valence-electron chi connectivity index (χ4n) is 1.79. The lowest BCUT2D eigenvalue weighted by molar-refractivity contribution is 0.101. The van der Waals surface area contributed by atoms with Gasteiger partial charge in [0, 0.05) is 5.02 Å². The van der Waals surface area contributed by atoms with Crippen LogP contribution in [0, 0.1) is 11.3 Å². The Morgan fingerprint density at radius 3 is 2.80 bits per heavy atom. The van der Waals surface area contributed by atoms with Crippen LogP contribution in [-0.2, 0) is 6.61 Å². The van der Waals surface area contributed by atoms with Crippen LogP contribution in [0.1, 0.15) is 28.4 Å². The zero-order chi connectivity index (χ0) is 14.5. The van der Waals surface area contributed by atoms with Gasteiger partial charge in [0.15, 0.2) is 5.78 Å². The zero-order valence-electron chi connectivity index (χ0n) is 10.9. The van der Waals surface area contributed by atoms with E-state index in [2.05, 4.69) is 6.07 Å². The molecule has 0 heterocycles. The van der Waals surface area contributed by atoms with E-state index < -0.39 is 0 Å². The molecular formula is C16H12ClNO2. The number of hydrogen-bond acceptors (Lipinski definition) is 3. The van der Waals surface area contributed by atoms with Crippen molar-refractivity contribution in [3.63, 3.8) is 0 Å². The highest BCUT2D eigenvalue weighted by Gasteiger charge is 2.09. The largest absolute Gasteiger partial charge is 0.488 e. The quantitative estimate of drug-likeness (QED) is 0.798. The molecule has 0 aliphatic carbocycles. The van der Waals surface area contributed by atoms with Crippen molar-refractivity contribution < 1.29 is 9.53 Å². The molecule has 0 aliphatic rings. The predicted octanol–water partition coefficient (Wildman–Crippen LogP) is 3.99. The molecule has 4 heteroatoms. The van der Waals surface area contributed by atoms with Gasteiger partial charge in [-0.15, -0.1) is 0 Å². The molecule has 0 amide bonds. The van der Waals surface area contributed by atoms with Crippen molar-refractivity contribution in [3.8, 4) is 11.8 Å². The Morgan fingerprint density at radius 1 is 1.30 bits per heavy atom. The van der Waals surface area contributed by atoms with Gasteiger partial charge in [-0.1, -0.05) is 23.7 Å². The molecule has 2 aromatic rings.